The minimum atomic E-state index is -0.493. The zero-order valence-corrected chi connectivity index (χ0v) is 16.8. The summed E-state index contributed by atoms with van der Waals surface area (Å²) in [6, 6.07) is 7.72. The minimum absolute atomic E-state index is 0.0800. The van der Waals surface area contributed by atoms with Gasteiger partial charge in [0.15, 0.2) is 5.82 Å². The number of alkyl carbamates (subject to hydrolysis) is 1. The Morgan fingerprint density at radius 3 is 3.00 bits per heavy atom. The van der Waals surface area contributed by atoms with Crippen molar-refractivity contribution < 1.29 is 14.3 Å². The van der Waals surface area contributed by atoms with E-state index >= 15 is 0 Å². The van der Waals surface area contributed by atoms with Gasteiger partial charge >= 0.3 is 6.09 Å². The molecule has 6 N–H and O–H groups in total. The van der Waals surface area contributed by atoms with Crippen LogP contribution in [0.25, 0.3) is 22.2 Å². The summed E-state index contributed by atoms with van der Waals surface area (Å²) in [5, 5.41) is 10.5. The Morgan fingerprint density at radius 2 is 2.20 bits per heavy atom. The Kier molecular flexibility index (Phi) is 5.27. The van der Waals surface area contributed by atoms with Crippen molar-refractivity contribution in [1.29, 1.82) is 0 Å². The highest BCUT2D eigenvalue weighted by atomic mass is 16.5. The van der Waals surface area contributed by atoms with Crippen LogP contribution in [0.15, 0.2) is 24.3 Å². The fourth-order valence-electron chi connectivity index (χ4n) is 3.48. The van der Waals surface area contributed by atoms with Gasteiger partial charge in [-0.1, -0.05) is 6.07 Å². The number of anilines is 3. The number of nitrogens with one attached hydrogen (secondary N) is 2. The van der Waals surface area contributed by atoms with E-state index in [0.29, 0.717) is 37.0 Å². The maximum atomic E-state index is 11.4. The first kappa shape index (κ1) is 19.7. The number of amides is 1. The molecule has 1 aromatic carbocycles. The van der Waals surface area contributed by atoms with E-state index in [9.17, 15) is 4.79 Å². The predicted molar refractivity (Wildman–Crippen MR) is 113 cm³/mol. The summed E-state index contributed by atoms with van der Waals surface area (Å²) in [6.45, 7) is 3.41. The van der Waals surface area contributed by atoms with Crippen LogP contribution < -0.4 is 21.7 Å². The third-order valence-electron chi connectivity index (χ3n) is 5.08. The molecular weight excluding hydrogens is 388 g/mol. The smallest absolute Gasteiger partial charge is 0.406 e. The van der Waals surface area contributed by atoms with E-state index < -0.39 is 6.09 Å². The number of hydrogen-bond donors (Lipinski definition) is 4. The molecule has 0 spiro atoms. The van der Waals surface area contributed by atoms with Gasteiger partial charge in [0, 0.05) is 30.1 Å². The van der Waals surface area contributed by atoms with Crippen molar-refractivity contribution >= 4 is 34.6 Å². The summed E-state index contributed by atoms with van der Waals surface area (Å²) < 4.78 is 10.4. The number of aromatic nitrogens is 4. The Bertz CT molecular complexity index is 1070. The summed E-state index contributed by atoms with van der Waals surface area (Å²) in [5.74, 6) is 1.32. The molecule has 1 aliphatic rings. The number of hydrogen-bond acceptors (Lipinski definition) is 9. The van der Waals surface area contributed by atoms with Crippen LogP contribution in [0.4, 0.5) is 22.4 Å². The van der Waals surface area contributed by atoms with Crippen LogP contribution >= 0.6 is 0 Å². The maximum absolute atomic E-state index is 11.4. The highest BCUT2D eigenvalue weighted by Crippen LogP contribution is 2.28. The van der Waals surface area contributed by atoms with Gasteiger partial charge in [-0.25, -0.2) is 9.78 Å². The molecule has 0 aliphatic carbocycles. The molecule has 11 heteroatoms. The van der Waals surface area contributed by atoms with Gasteiger partial charge in [-0.2, -0.15) is 10.1 Å². The molecule has 0 unspecified atom stereocenters. The van der Waals surface area contributed by atoms with Crippen molar-refractivity contribution in [3.05, 3.63) is 24.3 Å². The zero-order valence-electron chi connectivity index (χ0n) is 16.8. The topological polar surface area (TPSA) is 157 Å². The number of nitrogens with two attached hydrogens (primary N) is 2. The second-order valence-corrected chi connectivity index (χ2v) is 7.17. The number of carbonyl (C=O) groups excluding carboxylic acids is 1. The molecule has 0 bridgehead atoms. The molecule has 3 aromatic rings. The number of benzene rings is 1. The maximum Gasteiger partial charge on any atom is 0.406 e. The number of rotatable bonds is 4. The van der Waals surface area contributed by atoms with E-state index in [2.05, 4.69) is 35.1 Å². The van der Waals surface area contributed by atoms with Crippen LogP contribution in [0.3, 0.4) is 0 Å². The third-order valence-corrected chi connectivity index (χ3v) is 5.08. The lowest BCUT2D eigenvalue weighted by molar-refractivity contribution is 0.0228. The van der Waals surface area contributed by atoms with Crippen LogP contribution in [0.1, 0.15) is 6.92 Å². The van der Waals surface area contributed by atoms with Gasteiger partial charge in [-0.15, -0.1) is 0 Å². The fraction of sp³-hybridized carbons (Fsp3) is 0.368. The molecule has 11 nitrogen and oxygen atoms in total. The van der Waals surface area contributed by atoms with Crippen LogP contribution in [0.2, 0.25) is 0 Å². The largest absolute Gasteiger partial charge is 0.453 e. The van der Waals surface area contributed by atoms with E-state index in [4.69, 9.17) is 16.2 Å². The SMILES string of the molecule is COC(=O)NC[C@@H]1CN(c2cc(-c3ccc4c(N)n[nH]c4c3)nc(N)n2)[C@H](C)CO1. The van der Waals surface area contributed by atoms with E-state index in [1.807, 2.05) is 31.2 Å². The summed E-state index contributed by atoms with van der Waals surface area (Å²) in [7, 11) is 1.32. The van der Waals surface area contributed by atoms with Crippen molar-refractivity contribution in [3.63, 3.8) is 0 Å². The summed E-state index contributed by atoms with van der Waals surface area (Å²) in [4.78, 5) is 22.3. The van der Waals surface area contributed by atoms with Gasteiger partial charge in [0.2, 0.25) is 5.95 Å². The van der Waals surface area contributed by atoms with Gasteiger partial charge < -0.3 is 31.2 Å². The first-order chi connectivity index (χ1) is 14.4. The van der Waals surface area contributed by atoms with Crippen molar-refractivity contribution in [2.24, 2.45) is 0 Å². The number of H-pyrrole nitrogens is 1. The quantitative estimate of drug-likeness (QED) is 0.493. The fourth-order valence-corrected chi connectivity index (χ4v) is 3.48. The van der Waals surface area contributed by atoms with Crippen LogP contribution in [-0.2, 0) is 9.47 Å². The molecule has 30 heavy (non-hydrogen) atoms. The lowest BCUT2D eigenvalue weighted by atomic mass is 10.1. The molecular formula is C19H24N8O3. The highest BCUT2D eigenvalue weighted by molar-refractivity contribution is 5.91. The van der Waals surface area contributed by atoms with Gasteiger partial charge in [0.1, 0.15) is 5.82 Å². The van der Waals surface area contributed by atoms with Crippen molar-refractivity contribution in [2.45, 2.75) is 19.1 Å². The van der Waals surface area contributed by atoms with E-state index in [1.165, 1.54) is 7.11 Å². The summed E-state index contributed by atoms with van der Waals surface area (Å²) in [5.41, 5.74) is 14.2. The van der Waals surface area contributed by atoms with E-state index in [0.717, 1.165) is 16.5 Å². The standard InChI is InChI=1S/C19H24N8O3/c1-10-9-30-12(7-22-19(28)29-2)8-27(10)16-6-14(23-18(21)24-16)11-3-4-13-15(5-11)25-26-17(13)20/h3-6,10,12H,7-9H2,1-2H3,(H,22,28)(H3,20,25,26)(H2,21,23,24)/t10-,12-/m1/s1. The minimum Gasteiger partial charge on any atom is -0.453 e. The van der Waals surface area contributed by atoms with E-state index in [-0.39, 0.29) is 18.1 Å². The molecule has 2 atom stereocenters. The van der Waals surface area contributed by atoms with E-state index in [1.54, 1.807) is 0 Å². The lowest BCUT2D eigenvalue weighted by Gasteiger charge is -2.39. The highest BCUT2D eigenvalue weighted by Gasteiger charge is 2.28. The van der Waals surface area contributed by atoms with Gasteiger partial charge in [0.05, 0.1) is 37.1 Å². The Balaban J connectivity index is 1.60. The molecule has 2 aromatic heterocycles. The average Bonchev–Trinajstić information content (AvgIpc) is 3.12. The molecule has 4 rings (SSSR count). The summed E-state index contributed by atoms with van der Waals surface area (Å²) in [6.07, 6.45) is -0.698. The predicted octanol–water partition coefficient (Wildman–Crippen LogP) is 1.13. The normalized spacial score (nSPS) is 19.1. The molecule has 1 aliphatic heterocycles. The zero-order chi connectivity index (χ0) is 21.3. The van der Waals surface area contributed by atoms with Crippen LogP contribution in [-0.4, -0.2) is 65.2 Å². The Hall–Kier alpha value is -3.60. The average molecular weight is 412 g/mol. The number of nitrogen functional groups attached to an aromatic ring is 2. The second-order valence-electron chi connectivity index (χ2n) is 7.17. The number of carbonyl (C=O) groups is 1. The molecule has 1 fully saturated rings. The Morgan fingerprint density at radius 1 is 1.37 bits per heavy atom. The molecule has 158 valence electrons. The number of ether oxygens (including phenoxy) is 2. The number of nitrogens with zero attached hydrogens (tertiary/aromatic N) is 4. The van der Waals surface area contributed by atoms with Gasteiger partial charge in [-0.3, -0.25) is 5.10 Å². The van der Waals surface area contributed by atoms with Crippen molar-refractivity contribution in [1.82, 2.24) is 25.5 Å². The van der Waals surface area contributed by atoms with Gasteiger partial charge in [0.25, 0.3) is 0 Å². The third kappa shape index (κ3) is 3.92. The van der Waals surface area contributed by atoms with Gasteiger partial charge in [-0.05, 0) is 19.1 Å². The number of fused-ring (bicyclic) bond motifs is 1. The number of morpholine rings is 1. The molecule has 0 radical (unpaired) electrons. The monoisotopic (exact) mass is 412 g/mol. The molecule has 1 amide bonds. The van der Waals surface area contributed by atoms with Crippen molar-refractivity contribution in [2.75, 3.05) is 43.2 Å². The second kappa shape index (κ2) is 8.03. The first-order valence-electron chi connectivity index (χ1n) is 9.53. The summed E-state index contributed by atoms with van der Waals surface area (Å²) >= 11 is 0. The number of methoxy groups -OCH3 is 1. The lowest BCUT2D eigenvalue weighted by Crippen LogP contribution is -2.52. The van der Waals surface area contributed by atoms with Crippen LogP contribution in [0.5, 0.6) is 0 Å². The number of aromatic amines is 1. The molecule has 1 saturated heterocycles. The first-order valence-corrected chi connectivity index (χ1v) is 9.53. The molecule has 3 heterocycles. The van der Waals surface area contributed by atoms with Crippen molar-refractivity contribution in [3.8, 4) is 11.3 Å². The Labute approximate surface area is 172 Å². The van der Waals surface area contributed by atoms with Crippen LogP contribution in [0, 0.1) is 0 Å². The molecule has 0 saturated carbocycles.